The Labute approximate surface area is 159 Å². The van der Waals surface area contributed by atoms with E-state index in [4.69, 9.17) is 4.74 Å². The van der Waals surface area contributed by atoms with Crippen molar-refractivity contribution in [3.05, 3.63) is 65.2 Å². The van der Waals surface area contributed by atoms with E-state index in [0.717, 1.165) is 5.56 Å². The topological polar surface area (TPSA) is 75.7 Å². The van der Waals surface area contributed by atoms with Crippen LogP contribution in [0.15, 0.2) is 48.5 Å². The van der Waals surface area contributed by atoms with Crippen molar-refractivity contribution in [3.63, 3.8) is 0 Å². The van der Waals surface area contributed by atoms with Gasteiger partial charge in [-0.2, -0.15) is 0 Å². The van der Waals surface area contributed by atoms with Crippen LogP contribution in [0.5, 0.6) is 5.75 Å². The van der Waals surface area contributed by atoms with Crippen molar-refractivity contribution in [2.45, 2.75) is 26.5 Å². The molecule has 2 aromatic carbocycles. The highest BCUT2D eigenvalue weighted by atomic mass is 16.5. The van der Waals surface area contributed by atoms with Crippen molar-refractivity contribution in [2.75, 3.05) is 14.1 Å². The second kappa shape index (κ2) is 8.98. The van der Waals surface area contributed by atoms with E-state index >= 15 is 0 Å². The van der Waals surface area contributed by atoms with E-state index in [2.05, 4.69) is 5.32 Å². The lowest BCUT2D eigenvalue weighted by Gasteiger charge is -2.15. The normalized spacial score (nSPS) is 11.4. The van der Waals surface area contributed by atoms with Gasteiger partial charge in [-0.1, -0.05) is 24.3 Å². The highest BCUT2D eigenvalue weighted by Crippen LogP contribution is 2.15. The van der Waals surface area contributed by atoms with Gasteiger partial charge in [0.1, 0.15) is 5.75 Å². The molecule has 0 aliphatic rings. The Morgan fingerprint density at radius 1 is 1.04 bits per heavy atom. The van der Waals surface area contributed by atoms with Crippen LogP contribution in [0.4, 0.5) is 0 Å². The third-order valence-corrected chi connectivity index (χ3v) is 4.00. The molecule has 0 bridgehead atoms. The number of hydrogen-bond donors (Lipinski definition) is 1. The lowest BCUT2D eigenvalue weighted by Crippen LogP contribution is -2.35. The third kappa shape index (κ3) is 5.67. The highest BCUT2D eigenvalue weighted by molar-refractivity contribution is 5.94. The molecule has 2 rings (SSSR count). The van der Waals surface area contributed by atoms with Gasteiger partial charge in [-0.3, -0.25) is 14.4 Å². The Morgan fingerprint density at radius 2 is 1.70 bits per heavy atom. The predicted molar refractivity (Wildman–Crippen MR) is 103 cm³/mol. The monoisotopic (exact) mass is 368 g/mol. The van der Waals surface area contributed by atoms with Gasteiger partial charge in [-0.05, 0) is 43.7 Å². The molecule has 0 fully saturated rings. The molecule has 0 radical (unpaired) electrons. The molecule has 0 spiro atoms. The maximum atomic E-state index is 12.2. The molecule has 2 amide bonds. The fraction of sp³-hybridized carbons (Fsp3) is 0.286. The first kappa shape index (κ1) is 20.2. The van der Waals surface area contributed by atoms with Gasteiger partial charge in [-0.25, -0.2) is 0 Å². The smallest absolute Gasteiger partial charge is 0.261 e. The summed E-state index contributed by atoms with van der Waals surface area (Å²) in [4.78, 5) is 37.0. The fourth-order valence-corrected chi connectivity index (χ4v) is 2.40. The molecule has 142 valence electrons. The van der Waals surface area contributed by atoms with Crippen LogP contribution in [0.25, 0.3) is 0 Å². The molecular formula is C21H24N2O4. The molecule has 0 saturated heterocycles. The average molecular weight is 368 g/mol. The standard InChI is InChI=1S/C21H24N2O4/c1-14(24)18-6-5-7-19(12-18)27-15(2)20(25)22-13-16-8-10-17(11-9-16)21(26)23(3)4/h5-12,15H,13H2,1-4H3,(H,22,25)/t15-/m0/s1. The number of hydrogen-bond acceptors (Lipinski definition) is 4. The predicted octanol–water partition coefficient (Wildman–Crippen LogP) is 2.67. The maximum Gasteiger partial charge on any atom is 0.261 e. The number of rotatable bonds is 7. The first-order chi connectivity index (χ1) is 12.8. The van der Waals surface area contributed by atoms with Crippen molar-refractivity contribution in [3.8, 4) is 5.75 Å². The van der Waals surface area contributed by atoms with Crippen LogP contribution in [0.2, 0.25) is 0 Å². The average Bonchev–Trinajstić information content (AvgIpc) is 2.65. The van der Waals surface area contributed by atoms with Crippen LogP contribution >= 0.6 is 0 Å². The molecule has 1 N–H and O–H groups in total. The zero-order chi connectivity index (χ0) is 20.0. The molecular weight excluding hydrogens is 344 g/mol. The Bertz CT molecular complexity index is 828. The molecule has 0 aliphatic heterocycles. The Hall–Kier alpha value is -3.15. The van der Waals surface area contributed by atoms with E-state index in [-0.39, 0.29) is 17.6 Å². The maximum absolute atomic E-state index is 12.2. The fourth-order valence-electron chi connectivity index (χ4n) is 2.40. The van der Waals surface area contributed by atoms with Gasteiger partial charge in [-0.15, -0.1) is 0 Å². The highest BCUT2D eigenvalue weighted by Gasteiger charge is 2.15. The van der Waals surface area contributed by atoms with E-state index in [1.807, 2.05) is 0 Å². The van der Waals surface area contributed by atoms with E-state index < -0.39 is 6.10 Å². The molecule has 0 aromatic heterocycles. The zero-order valence-electron chi connectivity index (χ0n) is 16.0. The van der Waals surface area contributed by atoms with E-state index in [1.165, 1.54) is 11.8 Å². The lowest BCUT2D eigenvalue weighted by molar-refractivity contribution is -0.127. The summed E-state index contributed by atoms with van der Waals surface area (Å²) < 4.78 is 5.62. The number of nitrogens with zero attached hydrogens (tertiary/aromatic N) is 1. The summed E-state index contributed by atoms with van der Waals surface area (Å²) in [7, 11) is 3.40. The molecule has 0 aliphatic carbocycles. The number of amides is 2. The summed E-state index contributed by atoms with van der Waals surface area (Å²) >= 11 is 0. The van der Waals surface area contributed by atoms with Crippen LogP contribution in [0.1, 0.15) is 40.1 Å². The summed E-state index contributed by atoms with van der Waals surface area (Å²) in [5.74, 6) is 0.0720. The Morgan fingerprint density at radius 3 is 2.30 bits per heavy atom. The van der Waals surface area contributed by atoms with E-state index in [1.54, 1.807) is 69.6 Å². The molecule has 27 heavy (non-hydrogen) atoms. The van der Waals surface area contributed by atoms with Crippen LogP contribution in [0.3, 0.4) is 0 Å². The zero-order valence-corrected chi connectivity index (χ0v) is 16.0. The molecule has 0 heterocycles. The first-order valence-electron chi connectivity index (χ1n) is 8.64. The van der Waals surface area contributed by atoms with Crippen molar-refractivity contribution >= 4 is 17.6 Å². The number of carbonyl (C=O) groups is 3. The number of Topliss-reactive ketones (excluding diaryl/α,β-unsaturated/α-hetero) is 1. The van der Waals surface area contributed by atoms with Gasteiger partial charge in [0.15, 0.2) is 11.9 Å². The van der Waals surface area contributed by atoms with Crippen LogP contribution < -0.4 is 10.1 Å². The van der Waals surface area contributed by atoms with E-state index in [0.29, 0.717) is 23.4 Å². The van der Waals surface area contributed by atoms with Crippen LogP contribution in [0, 0.1) is 0 Å². The van der Waals surface area contributed by atoms with Crippen molar-refractivity contribution in [1.29, 1.82) is 0 Å². The minimum Gasteiger partial charge on any atom is -0.481 e. The van der Waals surface area contributed by atoms with Gasteiger partial charge in [0.25, 0.3) is 11.8 Å². The number of benzene rings is 2. The van der Waals surface area contributed by atoms with Gasteiger partial charge >= 0.3 is 0 Å². The SMILES string of the molecule is CC(=O)c1cccc(O[C@@H](C)C(=O)NCc2ccc(C(=O)N(C)C)cc2)c1. The Kier molecular flexibility index (Phi) is 6.71. The first-order valence-corrected chi connectivity index (χ1v) is 8.64. The summed E-state index contributed by atoms with van der Waals surface area (Å²) in [6, 6.07) is 13.8. The quantitative estimate of drug-likeness (QED) is 0.763. The lowest BCUT2D eigenvalue weighted by atomic mass is 10.1. The third-order valence-electron chi connectivity index (χ3n) is 4.00. The second-order valence-corrected chi connectivity index (χ2v) is 6.46. The molecule has 6 heteroatoms. The van der Waals surface area contributed by atoms with Gasteiger partial charge in [0, 0.05) is 31.8 Å². The molecule has 2 aromatic rings. The summed E-state index contributed by atoms with van der Waals surface area (Å²) in [5.41, 5.74) is 2.01. The van der Waals surface area contributed by atoms with Crippen molar-refractivity contribution in [2.24, 2.45) is 0 Å². The molecule has 6 nitrogen and oxygen atoms in total. The van der Waals surface area contributed by atoms with Gasteiger partial charge < -0.3 is 15.0 Å². The minimum atomic E-state index is -0.707. The summed E-state index contributed by atoms with van der Waals surface area (Å²) in [5, 5.41) is 2.80. The molecule has 1 atom stereocenters. The summed E-state index contributed by atoms with van der Waals surface area (Å²) in [6.07, 6.45) is -0.707. The van der Waals surface area contributed by atoms with Crippen LogP contribution in [-0.2, 0) is 11.3 Å². The van der Waals surface area contributed by atoms with Crippen LogP contribution in [-0.4, -0.2) is 42.7 Å². The number of nitrogens with one attached hydrogen (secondary N) is 1. The molecule has 0 saturated carbocycles. The number of ether oxygens (including phenoxy) is 1. The second-order valence-electron chi connectivity index (χ2n) is 6.46. The van der Waals surface area contributed by atoms with Gasteiger partial charge in [0.05, 0.1) is 0 Å². The Balaban J connectivity index is 1.90. The van der Waals surface area contributed by atoms with Gasteiger partial charge in [0.2, 0.25) is 0 Å². The summed E-state index contributed by atoms with van der Waals surface area (Å²) in [6.45, 7) is 3.46. The van der Waals surface area contributed by atoms with E-state index in [9.17, 15) is 14.4 Å². The number of carbonyl (C=O) groups excluding carboxylic acids is 3. The van der Waals surface area contributed by atoms with Crippen molar-refractivity contribution < 1.29 is 19.1 Å². The molecule has 0 unspecified atom stereocenters. The number of ketones is 1. The largest absolute Gasteiger partial charge is 0.481 e. The minimum absolute atomic E-state index is 0.0613. The van der Waals surface area contributed by atoms with Crippen molar-refractivity contribution in [1.82, 2.24) is 10.2 Å².